The number of ether oxygens (including phenoxy) is 1. The molecule has 1 N–H and O–H groups in total. The molecule has 1 aliphatic rings. The number of aromatic nitrogens is 2. The second-order valence-electron chi connectivity index (χ2n) is 6.30. The van der Waals surface area contributed by atoms with Crippen LogP contribution in [-0.4, -0.2) is 76.5 Å². The molecule has 0 spiro atoms. The van der Waals surface area contributed by atoms with Crippen molar-refractivity contribution in [2.75, 3.05) is 31.2 Å². The normalized spacial score (nSPS) is 13.7. The van der Waals surface area contributed by atoms with E-state index in [2.05, 4.69) is 11.1 Å². The average molecular weight is 420 g/mol. The number of thiophene rings is 1. The van der Waals surface area contributed by atoms with Crippen molar-refractivity contribution in [2.45, 2.75) is 6.54 Å². The minimum atomic E-state index is -1.11. The minimum absolute atomic E-state index is 0. The summed E-state index contributed by atoms with van der Waals surface area (Å²) >= 11 is 1.07. The van der Waals surface area contributed by atoms with Crippen LogP contribution in [0.3, 0.4) is 0 Å². The maximum absolute atomic E-state index is 12.8. The number of benzene rings is 1. The monoisotopic (exact) mass is 420 g/mol. The predicted octanol–water partition coefficient (Wildman–Crippen LogP) is 1.26. The number of rotatable bonds is 4. The molecule has 8 nitrogen and oxygen atoms in total. The van der Waals surface area contributed by atoms with Gasteiger partial charge in [0.25, 0.3) is 5.56 Å². The first-order valence-corrected chi connectivity index (χ1v) is 9.47. The van der Waals surface area contributed by atoms with Crippen molar-refractivity contribution in [1.29, 1.82) is 5.26 Å². The molecule has 1 saturated heterocycles. The Kier molecular flexibility index (Phi) is 6.72. The number of para-hydroxylation sites is 1. The molecule has 3 heterocycles. The van der Waals surface area contributed by atoms with E-state index >= 15 is 0 Å². The van der Waals surface area contributed by atoms with E-state index < -0.39 is 5.97 Å². The third-order valence-electron chi connectivity index (χ3n) is 4.65. The summed E-state index contributed by atoms with van der Waals surface area (Å²) in [5, 5.41) is 20.5. The summed E-state index contributed by atoms with van der Waals surface area (Å²) in [7, 11) is 0. The van der Waals surface area contributed by atoms with Gasteiger partial charge >= 0.3 is 35.5 Å². The van der Waals surface area contributed by atoms with Gasteiger partial charge in [0.2, 0.25) is 0 Å². The molecule has 1 aliphatic heterocycles. The topological polar surface area (TPSA) is 108 Å². The van der Waals surface area contributed by atoms with Crippen LogP contribution in [0.4, 0.5) is 5.00 Å². The summed E-state index contributed by atoms with van der Waals surface area (Å²) in [6.07, 6.45) is 1.39. The Morgan fingerprint density at radius 3 is 2.72 bits per heavy atom. The van der Waals surface area contributed by atoms with E-state index in [0.29, 0.717) is 53.3 Å². The van der Waals surface area contributed by atoms with Crippen LogP contribution in [0.2, 0.25) is 0 Å². The quantitative estimate of drug-likeness (QED) is 0.633. The molecule has 2 aromatic heterocycles. The fourth-order valence-electron chi connectivity index (χ4n) is 3.27. The number of carboxylic acids is 1. The van der Waals surface area contributed by atoms with Crippen LogP contribution in [0.1, 0.15) is 20.8 Å². The number of fused-ring (bicyclic) bond motifs is 1. The Labute approximate surface area is 192 Å². The number of carbonyl (C=O) groups is 1. The Bertz CT molecular complexity index is 1160. The second-order valence-corrected chi connectivity index (χ2v) is 7.30. The van der Waals surface area contributed by atoms with Crippen LogP contribution >= 0.6 is 11.3 Å². The van der Waals surface area contributed by atoms with Crippen LogP contribution in [0.15, 0.2) is 35.4 Å². The molecule has 1 aromatic carbocycles. The fourth-order valence-corrected chi connectivity index (χ4v) is 4.42. The van der Waals surface area contributed by atoms with Crippen LogP contribution < -0.4 is 10.5 Å². The molecule has 0 unspecified atom stereocenters. The molecular weight excluding hydrogens is 403 g/mol. The molecule has 3 aromatic rings. The van der Waals surface area contributed by atoms with Gasteiger partial charge in [-0.25, -0.2) is 9.78 Å². The Morgan fingerprint density at radius 1 is 1.31 bits per heavy atom. The number of nitriles is 1. The number of hydrogen-bond acceptors (Lipinski definition) is 7. The van der Waals surface area contributed by atoms with E-state index in [4.69, 9.17) is 4.74 Å². The number of anilines is 1. The van der Waals surface area contributed by atoms with Gasteiger partial charge < -0.3 is 14.7 Å². The van der Waals surface area contributed by atoms with E-state index in [1.807, 2.05) is 4.90 Å². The molecule has 0 bridgehead atoms. The summed E-state index contributed by atoms with van der Waals surface area (Å²) in [5.74, 6) is -1.11. The fraction of sp³-hybridized carbons (Fsp3) is 0.263. The van der Waals surface area contributed by atoms with Gasteiger partial charge in [-0.15, -0.1) is 11.3 Å². The zero-order valence-electron chi connectivity index (χ0n) is 14.8. The summed E-state index contributed by atoms with van der Waals surface area (Å²) in [5.41, 5.74) is 0.928. The van der Waals surface area contributed by atoms with Crippen molar-refractivity contribution >= 4 is 62.8 Å². The molecule has 4 rings (SSSR count). The molecule has 144 valence electrons. The zero-order valence-corrected chi connectivity index (χ0v) is 15.6. The van der Waals surface area contributed by atoms with Gasteiger partial charge in [0.05, 0.1) is 42.6 Å². The van der Waals surface area contributed by atoms with Crippen LogP contribution in [-0.2, 0) is 11.3 Å². The van der Waals surface area contributed by atoms with E-state index in [0.717, 1.165) is 11.3 Å². The Balaban J connectivity index is 0.00000240. The van der Waals surface area contributed by atoms with Gasteiger partial charge in [0, 0.05) is 18.7 Å². The van der Waals surface area contributed by atoms with Crippen molar-refractivity contribution in [2.24, 2.45) is 0 Å². The van der Waals surface area contributed by atoms with Crippen LogP contribution in [0.25, 0.3) is 10.9 Å². The molecule has 10 heteroatoms. The SMILES string of the molecule is N#Cc1c(N2CCOCC2)sc(C(=O)O)c1Cn1cnc2ccccc2c1=O.[NaH]. The predicted molar refractivity (Wildman–Crippen MR) is 111 cm³/mol. The number of carboxylic acid groups (broad SMARTS) is 1. The van der Waals surface area contributed by atoms with Gasteiger partial charge in [0.1, 0.15) is 15.9 Å². The van der Waals surface area contributed by atoms with Gasteiger partial charge in [0.15, 0.2) is 0 Å². The third-order valence-corrected chi connectivity index (χ3v) is 5.93. The summed E-state index contributed by atoms with van der Waals surface area (Å²) < 4.78 is 6.69. The number of aromatic carboxylic acids is 1. The van der Waals surface area contributed by atoms with E-state index in [1.165, 1.54) is 10.9 Å². The average Bonchev–Trinajstić information content (AvgIpc) is 3.09. The standard InChI is InChI=1S/C19H16N4O4S.Na.H/c20-9-13-14(10-23-11-21-15-4-2-1-3-12(15)17(23)24)16(19(25)26)28-18(13)22-5-7-27-8-6-22;;/h1-4,11H,5-8,10H2,(H,25,26);;. The molecule has 0 saturated carbocycles. The Morgan fingerprint density at radius 2 is 2.03 bits per heavy atom. The van der Waals surface area contributed by atoms with Crippen molar-refractivity contribution in [3.8, 4) is 6.07 Å². The molecule has 0 aliphatic carbocycles. The Hall–Kier alpha value is -2.22. The van der Waals surface area contributed by atoms with Crippen molar-refractivity contribution < 1.29 is 14.6 Å². The van der Waals surface area contributed by atoms with E-state index in [9.17, 15) is 20.0 Å². The molecule has 0 amide bonds. The summed E-state index contributed by atoms with van der Waals surface area (Å²) in [6.45, 7) is 2.20. The van der Waals surface area contributed by atoms with E-state index in [-0.39, 0.29) is 46.5 Å². The maximum atomic E-state index is 12.8. The molecule has 1 fully saturated rings. The molecule has 0 radical (unpaired) electrons. The van der Waals surface area contributed by atoms with Gasteiger partial charge in [-0.3, -0.25) is 9.36 Å². The van der Waals surface area contributed by atoms with Crippen molar-refractivity contribution in [3.05, 3.63) is 57.0 Å². The van der Waals surface area contributed by atoms with E-state index in [1.54, 1.807) is 24.3 Å². The number of morpholine rings is 1. The third kappa shape index (κ3) is 4.08. The summed E-state index contributed by atoms with van der Waals surface area (Å²) in [4.78, 5) is 30.9. The van der Waals surface area contributed by atoms with Gasteiger partial charge in [-0.1, -0.05) is 12.1 Å². The number of hydrogen-bond donors (Lipinski definition) is 1. The molecular formula is C19H17N4NaO4S. The second kappa shape index (κ2) is 9.07. The molecule has 0 atom stereocenters. The van der Waals surface area contributed by atoms with Gasteiger partial charge in [-0.05, 0) is 12.1 Å². The van der Waals surface area contributed by atoms with Crippen LogP contribution in [0.5, 0.6) is 0 Å². The zero-order chi connectivity index (χ0) is 19.7. The number of nitrogens with zero attached hydrogens (tertiary/aromatic N) is 4. The first-order valence-electron chi connectivity index (χ1n) is 8.66. The first kappa shape index (κ1) is 21.5. The first-order chi connectivity index (χ1) is 13.6. The van der Waals surface area contributed by atoms with Gasteiger partial charge in [-0.2, -0.15) is 5.26 Å². The van der Waals surface area contributed by atoms with Crippen molar-refractivity contribution in [3.63, 3.8) is 0 Å². The summed E-state index contributed by atoms with van der Waals surface area (Å²) in [6, 6.07) is 9.11. The van der Waals surface area contributed by atoms with Crippen molar-refractivity contribution in [1.82, 2.24) is 9.55 Å². The van der Waals surface area contributed by atoms with Crippen LogP contribution in [0, 0.1) is 11.3 Å². The molecule has 29 heavy (non-hydrogen) atoms.